The summed E-state index contributed by atoms with van der Waals surface area (Å²) >= 11 is 0. The number of benzene rings is 2. The van der Waals surface area contributed by atoms with E-state index in [-0.39, 0.29) is 23.0 Å². The highest BCUT2D eigenvalue weighted by Gasteiger charge is 2.44. The molecule has 7 rings (SSSR count). The first-order valence-electron chi connectivity index (χ1n) is 13.1. The second-order valence-electron chi connectivity index (χ2n) is 10.7. The maximum absolute atomic E-state index is 15.7. The summed E-state index contributed by atoms with van der Waals surface area (Å²) in [5.74, 6) is -1.21. The fourth-order valence-corrected chi connectivity index (χ4v) is 6.50. The van der Waals surface area contributed by atoms with Gasteiger partial charge in [0, 0.05) is 42.8 Å². The van der Waals surface area contributed by atoms with Crippen molar-refractivity contribution < 1.29 is 14.3 Å². The summed E-state index contributed by atoms with van der Waals surface area (Å²) in [6.07, 6.45) is 6.62. The first kappa shape index (κ1) is 23.2. The Kier molecular flexibility index (Phi) is 5.83. The zero-order valence-electron chi connectivity index (χ0n) is 20.6. The molecule has 1 N–H and O–H groups in total. The van der Waals surface area contributed by atoms with Gasteiger partial charge in [-0.25, -0.2) is 9.18 Å². The van der Waals surface area contributed by atoms with E-state index in [0.29, 0.717) is 23.2 Å². The van der Waals surface area contributed by atoms with Crippen LogP contribution in [0, 0.1) is 11.7 Å². The van der Waals surface area contributed by atoms with E-state index in [4.69, 9.17) is 0 Å². The van der Waals surface area contributed by atoms with Crippen molar-refractivity contribution in [3.05, 3.63) is 75.8 Å². The van der Waals surface area contributed by atoms with Crippen molar-refractivity contribution in [2.75, 3.05) is 18.0 Å². The van der Waals surface area contributed by atoms with Gasteiger partial charge in [-0.15, -0.1) is 0 Å². The number of carboxylic acid groups (broad SMARTS) is 1. The Hall–Kier alpha value is -3.19. The molecule has 6 nitrogen and oxygen atoms in total. The molecule has 7 heteroatoms. The van der Waals surface area contributed by atoms with Crippen LogP contribution in [-0.4, -0.2) is 45.7 Å². The van der Waals surface area contributed by atoms with Crippen LogP contribution in [0.15, 0.2) is 53.5 Å². The van der Waals surface area contributed by atoms with Gasteiger partial charge in [0.2, 0.25) is 5.43 Å². The summed E-state index contributed by atoms with van der Waals surface area (Å²) in [4.78, 5) is 29.3. The number of aromatic nitrogens is 1. The normalized spacial score (nSPS) is 23.5. The number of pyridine rings is 1. The van der Waals surface area contributed by atoms with Gasteiger partial charge in [-0.05, 0) is 62.3 Å². The zero-order valence-corrected chi connectivity index (χ0v) is 20.6. The molecule has 0 radical (unpaired) electrons. The quantitative estimate of drug-likeness (QED) is 0.503. The number of anilines is 1. The van der Waals surface area contributed by atoms with Crippen molar-refractivity contribution in [3.63, 3.8) is 0 Å². The Labute approximate surface area is 209 Å². The average Bonchev–Trinajstić information content (AvgIpc) is 3.73. The van der Waals surface area contributed by atoms with Crippen molar-refractivity contribution in [2.45, 2.75) is 63.7 Å². The van der Waals surface area contributed by atoms with Gasteiger partial charge >= 0.3 is 5.97 Å². The third-order valence-corrected chi connectivity index (χ3v) is 8.43. The van der Waals surface area contributed by atoms with Crippen LogP contribution >= 0.6 is 0 Å². The Bertz CT molecular complexity index is 1370. The molecule has 3 aromatic rings. The van der Waals surface area contributed by atoms with E-state index >= 15 is 4.39 Å². The summed E-state index contributed by atoms with van der Waals surface area (Å²) in [5, 5.41) is 9.69. The molecule has 2 aliphatic heterocycles. The Morgan fingerprint density at radius 3 is 2.58 bits per heavy atom. The molecular weight excluding hydrogens is 457 g/mol. The standard InChI is InChI=1S/C29H32FN3O3/c1-2-31(15-18-6-4-3-5-7-18)27-12-19-8-11-24(27)33(16-19)26-14-25-21(13-23(26)30)28(34)22(29(35)36)17-32(25)20-9-10-20/h3-7,13-14,17,19-20,24,27H,2,8-12,15-16H2,1H3,(H,35,36). The SMILES string of the molecule is CCN(Cc1ccccc1)C1CC2CCC1N(c1cc3c(cc1F)c(=O)c(C(=O)O)cn3C1CC1)C2. The second kappa shape index (κ2) is 9.04. The highest BCUT2D eigenvalue weighted by Crippen LogP contribution is 2.43. The monoisotopic (exact) mass is 489 g/mol. The molecule has 2 saturated heterocycles. The van der Waals surface area contributed by atoms with Crippen LogP contribution in [0.2, 0.25) is 0 Å². The van der Waals surface area contributed by atoms with Crippen LogP contribution in [-0.2, 0) is 6.54 Å². The van der Waals surface area contributed by atoms with Gasteiger partial charge in [-0.2, -0.15) is 0 Å². The molecule has 3 unspecified atom stereocenters. The highest BCUT2D eigenvalue weighted by atomic mass is 19.1. The number of nitrogens with zero attached hydrogens (tertiary/aromatic N) is 3. The fourth-order valence-electron chi connectivity index (χ4n) is 6.50. The molecule has 2 saturated carbocycles. The van der Waals surface area contributed by atoms with Gasteiger partial charge in [0.25, 0.3) is 0 Å². The minimum atomic E-state index is -1.27. The molecule has 36 heavy (non-hydrogen) atoms. The number of rotatable bonds is 7. The molecule has 188 valence electrons. The number of aromatic carboxylic acids is 1. The molecular formula is C29H32FN3O3. The topological polar surface area (TPSA) is 65.8 Å². The molecule has 4 aliphatic rings. The van der Waals surface area contributed by atoms with Crippen molar-refractivity contribution in [1.29, 1.82) is 0 Å². The van der Waals surface area contributed by atoms with Gasteiger partial charge < -0.3 is 14.6 Å². The van der Waals surface area contributed by atoms with Gasteiger partial charge in [0.1, 0.15) is 11.4 Å². The first-order chi connectivity index (χ1) is 17.4. The predicted molar refractivity (Wildman–Crippen MR) is 138 cm³/mol. The van der Waals surface area contributed by atoms with E-state index < -0.39 is 17.2 Å². The van der Waals surface area contributed by atoms with Gasteiger partial charge in [0.05, 0.1) is 11.2 Å². The summed E-state index contributed by atoms with van der Waals surface area (Å²) in [6, 6.07) is 14.3. The summed E-state index contributed by atoms with van der Waals surface area (Å²) in [5.41, 5.74) is 1.55. The number of hydrogen-bond donors (Lipinski definition) is 1. The third-order valence-electron chi connectivity index (χ3n) is 8.43. The fraction of sp³-hybridized carbons (Fsp3) is 0.448. The van der Waals surface area contributed by atoms with E-state index in [1.54, 1.807) is 6.07 Å². The Morgan fingerprint density at radius 1 is 1.14 bits per heavy atom. The summed E-state index contributed by atoms with van der Waals surface area (Å²) in [6.45, 7) is 4.81. The lowest BCUT2D eigenvalue weighted by Gasteiger charge is -2.54. The van der Waals surface area contributed by atoms with E-state index in [1.165, 1.54) is 17.8 Å². The highest BCUT2D eigenvalue weighted by molar-refractivity contribution is 5.93. The van der Waals surface area contributed by atoms with Crippen LogP contribution < -0.4 is 10.3 Å². The average molecular weight is 490 g/mol. The minimum absolute atomic E-state index is 0.154. The zero-order chi connectivity index (χ0) is 25.0. The van der Waals surface area contributed by atoms with E-state index in [2.05, 4.69) is 41.0 Å². The largest absolute Gasteiger partial charge is 0.477 e. The van der Waals surface area contributed by atoms with E-state index in [9.17, 15) is 14.7 Å². The maximum atomic E-state index is 15.7. The molecule has 3 atom stereocenters. The molecule has 2 bridgehead atoms. The molecule has 0 amide bonds. The van der Waals surface area contributed by atoms with Crippen molar-refractivity contribution in [2.24, 2.45) is 5.92 Å². The number of fused-ring (bicyclic) bond motifs is 4. The van der Waals surface area contributed by atoms with Crippen LogP contribution in [0.3, 0.4) is 0 Å². The number of carbonyl (C=O) groups is 1. The molecule has 2 aromatic carbocycles. The molecule has 4 fully saturated rings. The van der Waals surface area contributed by atoms with Gasteiger partial charge in [-0.1, -0.05) is 37.3 Å². The number of halogens is 1. The molecule has 2 aliphatic carbocycles. The van der Waals surface area contributed by atoms with Crippen LogP contribution in [0.5, 0.6) is 0 Å². The molecule has 3 heterocycles. The number of carboxylic acids is 1. The number of hydrogen-bond acceptors (Lipinski definition) is 4. The van der Waals surface area contributed by atoms with Crippen LogP contribution in [0.1, 0.15) is 61.0 Å². The molecule has 0 spiro atoms. The lowest BCUT2D eigenvalue weighted by Crippen LogP contribution is -2.61. The Morgan fingerprint density at radius 2 is 1.92 bits per heavy atom. The van der Waals surface area contributed by atoms with Crippen molar-refractivity contribution in [3.8, 4) is 0 Å². The van der Waals surface area contributed by atoms with Crippen LogP contribution in [0.4, 0.5) is 10.1 Å². The number of likely N-dealkylation sites (N-methyl/N-ethyl adjacent to an activating group) is 1. The molecule has 1 aromatic heterocycles. The third kappa shape index (κ3) is 3.99. The van der Waals surface area contributed by atoms with Crippen molar-refractivity contribution >= 4 is 22.6 Å². The van der Waals surface area contributed by atoms with Gasteiger partial charge in [-0.3, -0.25) is 9.69 Å². The summed E-state index contributed by atoms with van der Waals surface area (Å²) < 4.78 is 17.6. The van der Waals surface area contributed by atoms with Gasteiger partial charge in [0.15, 0.2) is 0 Å². The second-order valence-corrected chi connectivity index (χ2v) is 10.7. The number of piperidine rings is 2. The smallest absolute Gasteiger partial charge is 0.341 e. The van der Waals surface area contributed by atoms with Crippen LogP contribution in [0.25, 0.3) is 10.9 Å². The Balaban J connectivity index is 1.39. The van der Waals surface area contributed by atoms with E-state index in [1.807, 2.05) is 10.6 Å². The summed E-state index contributed by atoms with van der Waals surface area (Å²) in [7, 11) is 0. The lowest BCUT2D eigenvalue weighted by molar-refractivity contribution is 0.0695. The van der Waals surface area contributed by atoms with Crippen molar-refractivity contribution in [1.82, 2.24) is 9.47 Å². The predicted octanol–water partition coefficient (Wildman–Crippen LogP) is 5.05. The maximum Gasteiger partial charge on any atom is 0.341 e. The minimum Gasteiger partial charge on any atom is -0.477 e. The van der Waals surface area contributed by atoms with E-state index in [0.717, 1.165) is 51.7 Å². The first-order valence-corrected chi connectivity index (χ1v) is 13.1. The lowest BCUT2D eigenvalue weighted by atomic mass is 9.75.